The van der Waals surface area contributed by atoms with Gasteiger partial charge in [0, 0.05) is 42.4 Å². The van der Waals surface area contributed by atoms with Gasteiger partial charge in [0.2, 0.25) is 5.95 Å². The molecule has 5 rings (SSSR count). The monoisotopic (exact) mass is 442 g/mol. The minimum Gasteiger partial charge on any atom is -0.493 e. The first-order valence-corrected chi connectivity index (χ1v) is 10.7. The molecular weight excluding hydrogens is 419 g/mol. The third-order valence-corrected chi connectivity index (χ3v) is 5.73. The van der Waals surface area contributed by atoms with Crippen molar-refractivity contribution in [2.45, 2.75) is 19.5 Å². The summed E-state index contributed by atoms with van der Waals surface area (Å²) >= 11 is 0. The van der Waals surface area contributed by atoms with Gasteiger partial charge in [-0.1, -0.05) is 24.3 Å². The van der Waals surface area contributed by atoms with E-state index in [1.807, 2.05) is 26.2 Å². The fourth-order valence-corrected chi connectivity index (χ4v) is 4.19. The molecule has 3 heterocycles. The molecule has 1 N–H and O–H groups in total. The molecule has 0 atom stereocenters. The maximum absolute atomic E-state index is 14.5. The molecule has 0 spiro atoms. The highest BCUT2D eigenvalue weighted by atomic mass is 19.1. The summed E-state index contributed by atoms with van der Waals surface area (Å²) in [7, 11) is 4.06. The lowest BCUT2D eigenvalue weighted by molar-refractivity contribution is 0.356. The van der Waals surface area contributed by atoms with Crippen LogP contribution in [-0.2, 0) is 19.5 Å². The molecule has 0 radical (unpaired) electrons. The average Bonchev–Trinajstić information content (AvgIpc) is 3.46. The molecule has 2 aromatic carbocycles. The number of halogens is 1. The van der Waals surface area contributed by atoms with Crippen molar-refractivity contribution >= 4 is 11.6 Å². The first kappa shape index (κ1) is 20.9. The smallest absolute Gasteiger partial charge is 0.208 e. The lowest BCUT2D eigenvalue weighted by Crippen LogP contribution is -2.10. The van der Waals surface area contributed by atoms with E-state index in [1.54, 1.807) is 22.9 Å². The number of imidazole rings is 1. The van der Waals surface area contributed by atoms with Crippen LogP contribution in [0.3, 0.4) is 0 Å². The van der Waals surface area contributed by atoms with Crippen molar-refractivity contribution in [2.24, 2.45) is 0 Å². The van der Waals surface area contributed by atoms with Gasteiger partial charge in [-0.2, -0.15) is 5.26 Å². The van der Waals surface area contributed by atoms with Crippen LogP contribution in [0.4, 0.5) is 10.3 Å². The van der Waals surface area contributed by atoms with Gasteiger partial charge in [-0.05, 0) is 37.4 Å². The standard InChI is InChI=1S/C25H23FN6O/c1-31(2)14-16-3-5-17(6-4-16)20-12-28-25(32-15-18(11-27)30-24(20)32)29-13-21-19-9-10-33-23(19)8-7-22(21)26/h3-8,12,15H,9-10,13-14H2,1-2H3,(H,28,29). The Morgan fingerprint density at radius 3 is 2.79 bits per heavy atom. The summed E-state index contributed by atoms with van der Waals surface area (Å²) < 4.78 is 21.8. The van der Waals surface area contributed by atoms with Crippen LogP contribution in [0.15, 0.2) is 48.8 Å². The molecule has 0 bridgehead atoms. The van der Waals surface area contributed by atoms with E-state index in [2.05, 4.69) is 38.4 Å². The van der Waals surface area contributed by atoms with Gasteiger partial charge in [0.05, 0.1) is 12.8 Å². The zero-order chi connectivity index (χ0) is 22.9. The van der Waals surface area contributed by atoms with E-state index in [9.17, 15) is 9.65 Å². The van der Waals surface area contributed by atoms with Crippen LogP contribution >= 0.6 is 0 Å². The Hall–Kier alpha value is -3.96. The molecule has 33 heavy (non-hydrogen) atoms. The van der Waals surface area contributed by atoms with Crippen LogP contribution in [0.5, 0.6) is 5.75 Å². The number of aromatic nitrogens is 3. The van der Waals surface area contributed by atoms with E-state index in [1.165, 1.54) is 11.6 Å². The highest BCUT2D eigenvalue weighted by Gasteiger charge is 2.20. The highest BCUT2D eigenvalue weighted by Crippen LogP contribution is 2.31. The molecule has 0 amide bonds. The van der Waals surface area contributed by atoms with E-state index in [0.29, 0.717) is 30.2 Å². The molecule has 7 nitrogen and oxygen atoms in total. The lowest BCUT2D eigenvalue weighted by Gasteiger charge is -2.13. The van der Waals surface area contributed by atoms with Gasteiger partial charge in [0.15, 0.2) is 11.3 Å². The number of benzene rings is 2. The van der Waals surface area contributed by atoms with Crippen molar-refractivity contribution in [3.8, 4) is 22.9 Å². The summed E-state index contributed by atoms with van der Waals surface area (Å²) in [6, 6.07) is 13.4. The van der Waals surface area contributed by atoms with Gasteiger partial charge < -0.3 is 15.0 Å². The number of rotatable bonds is 6. The highest BCUT2D eigenvalue weighted by molar-refractivity contribution is 5.78. The summed E-state index contributed by atoms with van der Waals surface area (Å²) in [5, 5.41) is 12.6. The molecule has 4 aromatic rings. The van der Waals surface area contributed by atoms with Crippen LogP contribution in [-0.4, -0.2) is 40.0 Å². The van der Waals surface area contributed by atoms with E-state index in [4.69, 9.17) is 4.74 Å². The number of anilines is 1. The van der Waals surface area contributed by atoms with E-state index in [0.717, 1.165) is 29.0 Å². The van der Waals surface area contributed by atoms with E-state index in [-0.39, 0.29) is 18.1 Å². The number of nitriles is 1. The first-order chi connectivity index (χ1) is 16.0. The third kappa shape index (κ3) is 3.99. The van der Waals surface area contributed by atoms with Crippen molar-refractivity contribution < 1.29 is 9.13 Å². The molecule has 0 unspecified atom stereocenters. The Kier molecular flexibility index (Phi) is 5.40. The van der Waals surface area contributed by atoms with Gasteiger partial charge in [-0.3, -0.25) is 4.40 Å². The lowest BCUT2D eigenvalue weighted by atomic mass is 10.0. The molecule has 0 aliphatic carbocycles. The number of nitrogens with one attached hydrogen (secondary N) is 1. The maximum Gasteiger partial charge on any atom is 0.208 e. The second-order valence-corrected chi connectivity index (χ2v) is 8.32. The summed E-state index contributed by atoms with van der Waals surface area (Å²) in [5.74, 6) is 0.942. The minimum absolute atomic E-state index is 0.249. The Balaban J connectivity index is 1.49. The number of ether oxygens (including phenoxy) is 1. The van der Waals surface area contributed by atoms with Crippen molar-refractivity contribution in [3.63, 3.8) is 0 Å². The van der Waals surface area contributed by atoms with Crippen LogP contribution in [0.25, 0.3) is 16.8 Å². The predicted molar refractivity (Wildman–Crippen MR) is 123 cm³/mol. The molecule has 1 aliphatic rings. The summed E-state index contributed by atoms with van der Waals surface area (Å²) in [5.41, 5.74) is 5.34. The third-order valence-electron chi connectivity index (χ3n) is 5.73. The van der Waals surface area contributed by atoms with Gasteiger partial charge >= 0.3 is 0 Å². The van der Waals surface area contributed by atoms with Crippen molar-refractivity contribution in [2.75, 3.05) is 26.0 Å². The second-order valence-electron chi connectivity index (χ2n) is 8.32. The topological polar surface area (TPSA) is 78.5 Å². The predicted octanol–water partition coefficient (Wildman–Crippen LogP) is 4.02. The number of hydrogen-bond acceptors (Lipinski definition) is 6. The molecular formula is C25H23FN6O. The van der Waals surface area contributed by atoms with Crippen molar-refractivity contribution in [1.29, 1.82) is 5.26 Å². The van der Waals surface area contributed by atoms with Gasteiger partial charge in [-0.25, -0.2) is 14.4 Å². The van der Waals surface area contributed by atoms with Crippen LogP contribution < -0.4 is 10.1 Å². The van der Waals surface area contributed by atoms with Crippen molar-refractivity contribution in [1.82, 2.24) is 19.3 Å². The Bertz CT molecular complexity index is 1370. The fourth-order valence-electron chi connectivity index (χ4n) is 4.19. The quantitative estimate of drug-likeness (QED) is 0.486. The first-order valence-electron chi connectivity index (χ1n) is 10.7. The normalized spacial score (nSPS) is 12.6. The minimum atomic E-state index is -0.277. The Morgan fingerprint density at radius 1 is 1.21 bits per heavy atom. The Labute approximate surface area is 191 Å². The Morgan fingerprint density at radius 2 is 2.03 bits per heavy atom. The summed E-state index contributed by atoms with van der Waals surface area (Å²) in [6.07, 6.45) is 4.06. The molecule has 0 fully saturated rings. The second kappa shape index (κ2) is 8.52. The molecule has 2 aromatic heterocycles. The number of hydrogen-bond donors (Lipinski definition) is 1. The fraction of sp³-hybridized carbons (Fsp3) is 0.240. The molecule has 1 aliphatic heterocycles. The summed E-state index contributed by atoms with van der Waals surface area (Å²) in [4.78, 5) is 11.2. The summed E-state index contributed by atoms with van der Waals surface area (Å²) in [6.45, 7) is 1.66. The average molecular weight is 442 g/mol. The van der Waals surface area contributed by atoms with Gasteiger partial charge in [0.1, 0.15) is 17.6 Å². The largest absolute Gasteiger partial charge is 0.493 e. The van der Waals surface area contributed by atoms with Crippen LogP contribution in [0.1, 0.15) is 22.4 Å². The van der Waals surface area contributed by atoms with Crippen LogP contribution in [0, 0.1) is 17.1 Å². The van der Waals surface area contributed by atoms with Crippen LogP contribution in [0.2, 0.25) is 0 Å². The number of fused-ring (bicyclic) bond motifs is 2. The van der Waals surface area contributed by atoms with Gasteiger partial charge in [0.25, 0.3) is 0 Å². The van der Waals surface area contributed by atoms with E-state index >= 15 is 0 Å². The molecule has 166 valence electrons. The number of nitrogens with zero attached hydrogens (tertiary/aromatic N) is 5. The van der Waals surface area contributed by atoms with Gasteiger partial charge in [-0.15, -0.1) is 0 Å². The zero-order valence-corrected chi connectivity index (χ0v) is 18.5. The SMILES string of the molecule is CN(C)Cc1ccc(-c2cnc(NCc3c(F)ccc4c3CCO4)n3cc(C#N)nc23)cc1. The molecule has 0 saturated heterocycles. The van der Waals surface area contributed by atoms with Crippen molar-refractivity contribution in [3.05, 3.63) is 77.0 Å². The maximum atomic E-state index is 14.5. The molecule has 8 heteroatoms. The molecule has 0 saturated carbocycles. The van der Waals surface area contributed by atoms with E-state index < -0.39 is 0 Å². The zero-order valence-electron chi connectivity index (χ0n) is 18.5.